The third kappa shape index (κ3) is 3.57. The first-order chi connectivity index (χ1) is 7.60. The van der Waals surface area contributed by atoms with E-state index in [-0.39, 0.29) is 0 Å². The van der Waals surface area contributed by atoms with Gasteiger partial charge in [-0.1, -0.05) is 26.7 Å². The van der Waals surface area contributed by atoms with Gasteiger partial charge in [0.25, 0.3) is 0 Å². The highest BCUT2D eigenvalue weighted by Gasteiger charge is 2.18. The predicted molar refractivity (Wildman–Crippen MR) is 77.1 cm³/mol. The molecular formula is C13H22BrNS. The molecule has 2 unspecified atom stereocenters. The third-order valence-electron chi connectivity index (χ3n) is 3.31. The van der Waals surface area contributed by atoms with Crippen molar-refractivity contribution in [3.63, 3.8) is 0 Å². The summed E-state index contributed by atoms with van der Waals surface area (Å²) in [7, 11) is 0. The predicted octanol–water partition coefficient (Wildman–Crippen LogP) is 4.99. The normalized spacial score (nSPS) is 15.4. The van der Waals surface area contributed by atoms with E-state index in [0.717, 1.165) is 5.92 Å². The highest BCUT2D eigenvalue weighted by Crippen LogP contribution is 2.29. The minimum Gasteiger partial charge on any atom is -0.307 e. The van der Waals surface area contributed by atoms with Gasteiger partial charge in [-0.3, -0.25) is 0 Å². The van der Waals surface area contributed by atoms with Gasteiger partial charge in [0.15, 0.2) is 0 Å². The van der Waals surface area contributed by atoms with Gasteiger partial charge in [-0.15, -0.1) is 11.3 Å². The number of halogens is 1. The fourth-order valence-electron chi connectivity index (χ4n) is 2.22. The van der Waals surface area contributed by atoms with E-state index in [4.69, 9.17) is 0 Å². The lowest BCUT2D eigenvalue weighted by Gasteiger charge is -2.26. The minimum absolute atomic E-state index is 0.435. The smallest absolute Gasteiger partial charge is 0.0399 e. The molecular weight excluding hydrogens is 282 g/mol. The molecule has 0 saturated heterocycles. The lowest BCUT2D eigenvalue weighted by atomic mass is 9.95. The van der Waals surface area contributed by atoms with Gasteiger partial charge in [0, 0.05) is 21.4 Å². The fraction of sp³-hybridized carbons (Fsp3) is 0.692. The van der Waals surface area contributed by atoms with Crippen LogP contribution in [0.4, 0.5) is 0 Å². The summed E-state index contributed by atoms with van der Waals surface area (Å²) in [4.78, 5) is 1.40. The van der Waals surface area contributed by atoms with Crippen LogP contribution in [0.25, 0.3) is 0 Å². The lowest BCUT2D eigenvalue weighted by molar-refractivity contribution is 0.331. The molecule has 0 fully saturated rings. The Morgan fingerprint density at radius 3 is 2.38 bits per heavy atom. The van der Waals surface area contributed by atoms with E-state index in [9.17, 15) is 0 Å². The molecule has 1 nitrogen and oxygen atoms in total. The monoisotopic (exact) mass is 303 g/mol. The molecule has 0 amide bonds. The first-order valence-corrected chi connectivity index (χ1v) is 7.76. The molecule has 0 saturated carbocycles. The molecule has 0 aliphatic rings. The maximum Gasteiger partial charge on any atom is 0.0399 e. The second kappa shape index (κ2) is 6.77. The molecule has 0 aliphatic heterocycles. The van der Waals surface area contributed by atoms with Gasteiger partial charge in [-0.05, 0) is 47.1 Å². The number of thiophene rings is 1. The molecule has 92 valence electrons. The van der Waals surface area contributed by atoms with Gasteiger partial charge in [-0.25, -0.2) is 0 Å². The second-order valence-electron chi connectivity index (χ2n) is 4.39. The van der Waals surface area contributed by atoms with Crippen LogP contribution in [0.3, 0.4) is 0 Å². The summed E-state index contributed by atoms with van der Waals surface area (Å²) >= 11 is 5.42. The average molecular weight is 304 g/mol. The molecule has 0 bridgehead atoms. The highest BCUT2D eigenvalue weighted by molar-refractivity contribution is 9.10. The standard InChI is InChI=1S/C13H22BrNS/c1-5-11(6-2)9(3)15-10(4)13-12(14)7-8-16-13/h7-11,15H,5-6H2,1-4H3. The Bertz CT molecular complexity index is 307. The molecule has 1 aromatic rings. The Kier molecular flexibility index (Phi) is 6.01. The van der Waals surface area contributed by atoms with Crippen molar-refractivity contribution in [3.05, 3.63) is 20.8 Å². The van der Waals surface area contributed by atoms with Gasteiger partial charge in [0.2, 0.25) is 0 Å². The quantitative estimate of drug-likeness (QED) is 0.781. The van der Waals surface area contributed by atoms with Gasteiger partial charge >= 0.3 is 0 Å². The summed E-state index contributed by atoms with van der Waals surface area (Å²) in [6.45, 7) is 9.10. The highest BCUT2D eigenvalue weighted by atomic mass is 79.9. The van der Waals surface area contributed by atoms with Crippen LogP contribution >= 0.6 is 27.3 Å². The molecule has 1 heterocycles. The van der Waals surface area contributed by atoms with Gasteiger partial charge in [0.05, 0.1) is 0 Å². The van der Waals surface area contributed by atoms with E-state index in [2.05, 4.69) is 60.4 Å². The number of rotatable bonds is 6. The fourth-order valence-corrected chi connectivity index (χ4v) is 3.95. The van der Waals surface area contributed by atoms with E-state index >= 15 is 0 Å². The Labute approximate surface area is 112 Å². The van der Waals surface area contributed by atoms with Crippen LogP contribution in [-0.4, -0.2) is 6.04 Å². The first kappa shape index (κ1) is 14.2. The van der Waals surface area contributed by atoms with Gasteiger partial charge < -0.3 is 5.32 Å². The molecule has 16 heavy (non-hydrogen) atoms. The Morgan fingerprint density at radius 2 is 1.94 bits per heavy atom. The minimum atomic E-state index is 0.435. The van der Waals surface area contributed by atoms with Gasteiger partial charge in [-0.2, -0.15) is 0 Å². The molecule has 0 aromatic carbocycles. The van der Waals surface area contributed by atoms with Crippen LogP contribution in [0.5, 0.6) is 0 Å². The second-order valence-corrected chi connectivity index (χ2v) is 6.19. The van der Waals surface area contributed by atoms with Crippen LogP contribution in [0.1, 0.15) is 51.5 Å². The van der Waals surface area contributed by atoms with Crippen molar-refractivity contribution in [2.75, 3.05) is 0 Å². The summed E-state index contributed by atoms with van der Waals surface area (Å²) in [5.74, 6) is 0.779. The SMILES string of the molecule is CCC(CC)C(C)NC(C)c1sccc1Br. The number of hydrogen-bond acceptors (Lipinski definition) is 2. The van der Waals surface area contributed by atoms with E-state index < -0.39 is 0 Å². The van der Waals surface area contributed by atoms with Crippen LogP contribution in [0.15, 0.2) is 15.9 Å². The van der Waals surface area contributed by atoms with Crippen molar-refractivity contribution in [1.29, 1.82) is 0 Å². The largest absolute Gasteiger partial charge is 0.307 e. The van der Waals surface area contributed by atoms with E-state index in [1.165, 1.54) is 22.2 Å². The lowest BCUT2D eigenvalue weighted by Crippen LogP contribution is -2.34. The van der Waals surface area contributed by atoms with Crippen LogP contribution in [-0.2, 0) is 0 Å². The molecule has 3 heteroatoms. The topological polar surface area (TPSA) is 12.0 Å². The molecule has 2 atom stereocenters. The van der Waals surface area contributed by atoms with Crippen LogP contribution in [0, 0.1) is 5.92 Å². The molecule has 1 aromatic heterocycles. The Balaban J connectivity index is 2.57. The van der Waals surface area contributed by atoms with Crippen molar-refractivity contribution in [3.8, 4) is 0 Å². The summed E-state index contributed by atoms with van der Waals surface area (Å²) in [6.07, 6.45) is 2.51. The van der Waals surface area contributed by atoms with Crippen molar-refractivity contribution in [1.82, 2.24) is 5.32 Å². The zero-order valence-corrected chi connectivity index (χ0v) is 13.0. The third-order valence-corrected chi connectivity index (χ3v) is 5.36. The molecule has 1 rings (SSSR count). The van der Waals surface area contributed by atoms with Crippen molar-refractivity contribution in [2.24, 2.45) is 5.92 Å². The average Bonchev–Trinajstić information content (AvgIpc) is 2.66. The van der Waals surface area contributed by atoms with Crippen LogP contribution < -0.4 is 5.32 Å². The van der Waals surface area contributed by atoms with Crippen molar-refractivity contribution >= 4 is 27.3 Å². The van der Waals surface area contributed by atoms with E-state index in [0.29, 0.717) is 12.1 Å². The number of hydrogen-bond donors (Lipinski definition) is 1. The summed E-state index contributed by atoms with van der Waals surface area (Å²) in [6, 6.07) is 3.14. The molecule has 0 spiro atoms. The van der Waals surface area contributed by atoms with Gasteiger partial charge in [0.1, 0.15) is 0 Å². The molecule has 1 N–H and O–H groups in total. The van der Waals surface area contributed by atoms with E-state index in [1.54, 1.807) is 0 Å². The number of nitrogens with one attached hydrogen (secondary N) is 1. The van der Waals surface area contributed by atoms with Crippen molar-refractivity contribution < 1.29 is 0 Å². The Morgan fingerprint density at radius 1 is 1.31 bits per heavy atom. The van der Waals surface area contributed by atoms with Crippen LogP contribution in [0.2, 0.25) is 0 Å². The Hall–Kier alpha value is 0.140. The summed E-state index contributed by atoms with van der Waals surface area (Å²) in [5.41, 5.74) is 0. The molecule has 0 aliphatic carbocycles. The maximum absolute atomic E-state index is 3.71. The van der Waals surface area contributed by atoms with E-state index in [1.807, 2.05) is 11.3 Å². The maximum atomic E-state index is 3.71. The summed E-state index contributed by atoms with van der Waals surface area (Å²) in [5, 5.41) is 5.84. The first-order valence-electron chi connectivity index (χ1n) is 6.09. The summed E-state index contributed by atoms with van der Waals surface area (Å²) < 4.78 is 1.23. The van der Waals surface area contributed by atoms with Crippen molar-refractivity contribution in [2.45, 2.75) is 52.6 Å². The molecule has 0 radical (unpaired) electrons. The zero-order chi connectivity index (χ0) is 12.1. The zero-order valence-electron chi connectivity index (χ0n) is 10.6.